The number of carbonyl (C=O) groups excluding carboxylic acids is 4. The molecule has 0 spiro atoms. The molecule has 0 radical (unpaired) electrons. The van der Waals surface area contributed by atoms with Crippen molar-refractivity contribution in [2.75, 3.05) is 0 Å². The molecule has 206 valence electrons. The van der Waals surface area contributed by atoms with Gasteiger partial charge in [-0.15, -0.1) is 0 Å². The quantitative estimate of drug-likeness (QED) is 0.163. The molecule has 1 aromatic carbocycles. The molecular weight excluding hydrogens is 482 g/mol. The maximum absolute atomic E-state index is 13.2. The first kappa shape index (κ1) is 31.4. The number of rotatable bonds is 15. The van der Waals surface area contributed by atoms with Gasteiger partial charge < -0.3 is 37.6 Å². The van der Waals surface area contributed by atoms with E-state index in [4.69, 9.17) is 11.5 Å². The van der Waals surface area contributed by atoms with E-state index < -0.39 is 59.7 Å². The van der Waals surface area contributed by atoms with Crippen LogP contribution in [0.15, 0.2) is 24.3 Å². The Hall–Kier alpha value is -3.67. The molecule has 0 saturated heterocycles. The maximum atomic E-state index is 13.2. The van der Waals surface area contributed by atoms with E-state index in [0.29, 0.717) is 12.0 Å². The van der Waals surface area contributed by atoms with Crippen LogP contribution in [0.2, 0.25) is 0 Å². The van der Waals surface area contributed by atoms with Crippen LogP contribution in [0.1, 0.15) is 52.5 Å². The minimum atomic E-state index is -1.23. The molecule has 9 N–H and O–H groups in total. The van der Waals surface area contributed by atoms with E-state index >= 15 is 0 Å². The van der Waals surface area contributed by atoms with Crippen molar-refractivity contribution in [3.05, 3.63) is 29.8 Å². The molecule has 0 heterocycles. The first-order valence-corrected chi connectivity index (χ1v) is 12.2. The second-order valence-corrected chi connectivity index (χ2v) is 9.48. The summed E-state index contributed by atoms with van der Waals surface area (Å²) in [4.78, 5) is 61.9. The Labute approximate surface area is 216 Å². The molecule has 4 amide bonds. The molecule has 0 fully saturated rings. The minimum Gasteiger partial charge on any atom is -0.508 e. The monoisotopic (exact) mass is 521 g/mol. The summed E-state index contributed by atoms with van der Waals surface area (Å²) in [6.07, 6.45) is 0.255. The lowest BCUT2D eigenvalue weighted by atomic mass is 9.98. The Bertz CT molecular complexity index is 951. The van der Waals surface area contributed by atoms with Gasteiger partial charge in [-0.1, -0.05) is 46.2 Å². The number of carboxylic acids is 1. The van der Waals surface area contributed by atoms with Crippen LogP contribution in [0.3, 0.4) is 0 Å². The van der Waals surface area contributed by atoms with Crippen molar-refractivity contribution in [2.45, 2.75) is 77.5 Å². The van der Waals surface area contributed by atoms with Crippen molar-refractivity contribution in [3.8, 4) is 5.75 Å². The molecule has 1 aromatic rings. The summed E-state index contributed by atoms with van der Waals surface area (Å²) in [5, 5.41) is 26.6. The zero-order chi connectivity index (χ0) is 28.3. The number of hydrogen-bond acceptors (Lipinski definition) is 7. The average molecular weight is 522 g/mol. The second-order valence-electron chi connectivity index (χ2n) is 9.48. The fourth-order valence-electron chi connectivity index (χ4n) is 3.45. The molecule has 37 heavy (non-hydrogen) atoms. The topological polar surface area (TPSA) is 214 Å². The fraction of sp³-hybridized carbons (Fsp3) is 0.560. The summed E-state index contributed by atoms with van der Waals surface area (Å²) in [5.74, 6) is -4.62. The molecule has 0 aliphatic carbocycles. The van der Waals surface area contributed by atoms with Crippen LogP contribution in [-0.4, -0.2) is 64.0 Å². The Kier molecular flexibility index (Phi) is 12.5. The summed E-state index contributed by atoms with van der Waals surface area (Å²) < 4.78 is 0. The van der Waals surface area contributed by atoms with Crippen molar-refractivity contribution in [2.24, 2.45) is 23.3 Å². The van der Waals surface area contributed by atoms with E-state index in [9.17, 15) is 34.2 Å². The van der Waals surface area contributed by atoms with Gasteiger partial charge in [-0.25, -0.2) is 4.79 Å². The Balaban J connectivity index is 3.20. The van der Waals surface area contributed by atoms with Gasteiger partial charge in [0.1, 0.15) is 23.9 Å². The van der Waals surface area contributed by atoms with Gasteiger partial charge in [0, 0.05) is 12.8 Å². The lowest BCUT2D eigenvalue weighted by Gasteiger charge is -2.26. The molecular formula is C25H39N5O7. The molecule has 12 heteroatoms. The van der Waals surface area contributed by atoms with E-state index in [1.807, 2.05) is 6.92 Å². The lowest BCUT2D eigenvalue weighted by molar-refractivity contribution is -0.143. The zero-order valence-corrected chi connectivity index (χ0v) is 21.7. The maximum Gasteiger partial charge on any atom is 0.326 e. The molecule has 0 saturated carbocycles. The van der Waals surface area contributed by atoms with Gasteiger partial charge in [0.15, 0.2) is 0 Å². The van der Waals surface area contributed by atoms with Crippen LogP contribution >= 0.6 is 0 Å². The summed E-state index contributed by atoms with van der Waals surface area (Å²) in [6.45, 7) is 6.91. The van der Waals surface area contributed by atoms with E-state index in [-0.39, 0.29) is 30.9 Å². The smallest absolute Gasteiger partial charge is 0.326 e. The van der Waals surface area contributed by atoms with Crippen LogP contribution in [0.5, 0.6) is 5.75 Å². The molecule has 1 rings (SSSR count). The number of aromatic hydroxyl groups is 1. The molecule has 0 aromatic heterocycles. The highest BCUT2D eigenvalue weighted by atomic mass is 16.4. The number of aliphatic carboxylic acids is 1. The van der Waals surface area contributed by atoms with Crippen LogP contribution < -0.4 is 27.4 Å². The molecule has 0 aliphatic heterocycles. The molecule has 12 nitrogen and oxygen atoms in total. The van der Waals surface area contributed by atoms with Gasteiger partial charge in [-0.05, 0) is 36.0 Å². The van der Waals surface area contributed by atoms with E-state index in [1.165, 1.54) is 12.1 Å². The number of benzene rings is 1. The van der Waals surface area contributed by atoms with Gasteiger partial charge in [0.25, 0.3) is 0 Å². The Morgan fingerprint density at radius 2 is 1.43 bits per heavy atom. The standard InChI is InChI=1S/C25H39N5O7/c1-5-14(4)20(27)24(35)28-17(10-11-19(26)32)22(33)29-18(12-15-6-8-16(31)9-7-15)23(34)30-21(13(2)3)25(36)37/h6-9,13-14,17-18,20-21,31H,5,10-12,27H2,1-4H3,(H2,26,32)(H,28,35)(H,29,33)(H,30,34)(H,36,37). The number of phenols is 1. The van der Waals surface area contributed by atoms with Crippen molar-refractivity contribution in [1.29, 1.82) is 0 Å². The summed E-state index contributed by atoms with van der Waals surface area (Å²) >= 11 is 0. The third kappa shape index (κ3) is 10.5. The Morgan fingerprint density at radius 3 is 1.92 bits per heavy atom. The average Bonchev–Trinajstić information content (AvgIpc) is 2.83. The fourth-order valence-corrected chi connectivity index (χ4v) is 3.45. The third-order valence-corrected chi connectivity index (χ3v) is 6.11. The van der Waals surface area contributed by atoms with Crippen molar-refractivity contribution >= 4 is 29.6 Å². The number of carboxylic acid groups (broad SMARTS) is 1. The number of phenolic OH excluding ortho intramolecular Hbond substituents is 1. The zero-order valence-electron chi connectivity index (χ0n) is 21.7. The van der Waals surface area contributed by atoms with E-state index in [2.05, 4.69) is 16.0 Å². The van der Waals surface area contributed by atoms with Crippen LogP contribution in [-0.2, 0) is 30.4 Å². The first-order chi connectivity index (χ1) is 17.3. The van der Waals surface area contributed by atoms with Gasteiger partial charge in [-0.2, -0.15) is 0 Å². The summed E-state index contributed by atoms with van der Waals surface area (Å²) in [6, 6.07) is 1.38. The second kappa shape index (κ2) is 14.8. The minimum absolute atomic E-state index is 0.00594. The summed E-state index contributed by atoms with van der Waals surface area (Å²) in [5.41, 5.74) is 11.8. The SMILES string of the molecule is CCC(C)C(N)C(=O)NC(CCC(N)=O)C(=O)NC(Cc1ccc(O)cc1)C(=O)NC(C(=O)O)C(C)C. The van der Waals surface area contributed by atoms with Gasteiger partial charge >= 0.3 is 5.97 Å². The van der Waals surface area contributed by atoms with Gasteiger partial charge in [0.2, 0.25) is 23.6 Å². The van der Waals surface area contributed by atoms with Crippen LogP contribution in [0.25, 0.3) is 0 Å². The highest BCUT2D eigenvalue weighted by molar-refractivity contribution is 5.94. The van der Waals surface area contributed by atoms with Gasteiger partial charge in [-0.3, -0.25) is 19.2 Å². The van der Waals surface area contributed by atoms with Crippen molar-refractivity contribution in [3.63, 3.8) is 0 Å². The third-order valence-electron chi connectivity index (χ3n) is 6.11. The molecule has 5 atom stereocenters. The summed E-state index contributed by atoms with van der Waals surface area (Å²) in [7, 11) is 0. The van der Waals surface area contributed by atoms with E-state index in [1.54, 1.807) is 32.9 Å². The highest BCUT2D eigenvalue weighted by Crippen LogP contribution is 2.13. The predicted octanol–water partition coefficient (Wildman–Crippen LogP) is -0.231. The normalized spacial score (nSPS) is 15.1. The number of nitrogens with one attached hydrogen (secondary N) is 3. The number of carbonyl (C=O) groups is 5. The van der Waals surface area contributed by atoms with Crippen molar-refractivity contribution < 1.29 is 34.2 Å². The highest BCUT2D eigenvalue weighted by Gasteiger charge is 2.32. The number of hydrogen-bond donors (Lipinski definition) is 7. The Morgan fingerprint density at radius 1 is 0.892 bits per heavy atom. The van der Waals surface area contributed by atoms with Crippen molar-refractivity contribution in [1.82, 2.24) is 16.0 Å². The number of primary amides is 1. The largest absolute Gasteiger partial charge is 0.508 e. The first-order valence-electron chi connectivity index (χ1n) is 12.2. The van der Waals surface area contributed by atoms with Crippen LogP contribution in [0.4, 0.5) is 0 Å². The van der Waals surface area contributed by atoms with Gasteiger partial charge in [0.05, 0.1) is 6.04 Å². The molecule has 0 aliphatic rings. The predicted molar refractivity (Wildman–Crippen MR) is 136 cm³/mol. The molecule has 5 unspecified atom stereocenters. The van der Waals surface area contributed by atoms with E-state index in [0.717, 1.165) is 0 Å². The number of nitrogens with two attached hydrogens (primary N) is 2. The number of amides is 4. The van der Waals surface area contributed by atoms with Crippen LogP contribution in [0, 0.1) is 11.8 Å². The lowest BCUT2D eigenvalue weighted by Crippen LogP contribution is -2.58. The molecule has 0 bridgehead atoms.